The number of ether oxygens (including phenoxy) is 1. The highest BCUT2D eigenvalue weighted by Gasteiger charge is 2.22. The van der Waals surface area contributed by atoms with Gasteiger partial charge in [-0.2, -0.15) is 5.10 Å². The van der Waals surface area contributed by atoms with E-state index in [1.165, 1.54) is 16.8 Å². The number of hydrogen-bond acceptors (Lipinski definition) is 4. The molecule has 1 aromatic heterocycles. The maximum atomic E-state index is 13.0. The van der Waals surface area contributed by atoms with Crippen molar-refractivity contribution in [3.8, 4) is 0 Å². The van der Waals surface area contributed by atoms with Crippen molar-refractivity contribution in [2.75, 3.05) is 6.61 Å². The molecule has 1 unspecified atom stereocenters. The topological polar surface area (TPSA) is 65.4 Å². The lowest BCUT2D eigenvalue weighted by Crippen LogP contribution is -2.33. The van der Waals surface area contributed by atoms with Crippen LogP contribution in [0.4, 0.5) is 4.39 Å². The molecule has 1 aliphatic rings. The fourth-order valence-corrected chi connectivity index (χ4v) is 2.97. The number of rotatable bonds is 5. The molecule has 0 bridgehead atoms. The molecule has 0 aliphatic carbocycles. The minimum Gasteiger partial charge on any atom is -0.350 e. The summed E-state index contributed by atoms with van der Waals surface area (Å²) in [4.78, 5) is 17.7. The number of nitrogens with one attached hydrogen (secondary N) is 1. The minimum absolute atomic E-state index is 0.201. The molecule has 134 valence electrons. The van der Waals surface area contributed by atoms with E-state index in [-0.39, 0.29) is 16.5 Å². The summed E-state index contributed by atoms with van der Waals surface area (Å²) in [5.74, 6) is -0.782. The van der Waals surface area contributed by atoms with Crippen LogP contribution < -0.4 is 5.48 Å². The first-order valence-corrected chi connectivity index (χ1v) is 8.47. The van der Waals surface area contributed by atoms with Crippen molar-refractivity contribution >= 4 is 17.5 Å². The number of carbonyl (C=O) groups is 1. The molecular formula is C17H19ClFN3O3. The second-order valence-corrected chi connectivity index (χ2v) is 6.24. The number of carbonyl (C=O) groups excluding carboxylic acids is 1. The van der Waals surface area contributed by atoms with Crippen molar-refractivity contribution in [1.29, 1.82) is 0 Å². The lowest BCUT2D eigenvalue weighted by Gasteiger charge is -2.22. The third kappa shape index (κ3) is 4.36. The zero-order chi connectivity index (χ0) is 17.8. The summed E-state index contributed by atoms with van der Waals surface area (Å²) in [6, 6.07) is 6.02. The molecule has 6 nitrogen and oxygen atoms in total. The Hall–Kier alpha value is -1.96. The first-order valence-electron chi connectivity index (χ1n) is 8.09. The molecule has 8 heteroatoms. The Balaban J connectivity index is 1.67. The monoisotopic (exact) mass is 367 g/mol. The molecule has 1 amide bonds. The standard InChI is InChI=1S/C17H19ClFN3O3/c1-11-15(17(23)21-25-14-4-2-3-9-24-14)16(18)22(20-11)10-12-5-7-13(19)8-6-12/h5-8,14H,2-4,9-10H2,1H3,(H,21,23). The van der Waals surface area contributed by atoms with Gasteiger partial charge < -0.3 is 4.74 Å². The molecule has 3 rings (SSSR count). The quantitative estimate of drug-likeness (QED) is 0.824. The van der Waals surface area contributed by atoms with Crippen LogP contribution in [0.25, 0.3) is 0 Å². The van der Waals surface area contributed by atoms with Gasteiger partial charge in [0.2, 0.25) is 0 Å². The van der Waals surface area contributed by atoms with E-state index in [4.69, 9.17) is 21.2 Å². The third-order valence-corrected chi connectivity index (χ3v) is 4.34. The van der Waals surface area contributed by atoms with Crippen LogP contribution in [-0.4, -0.2) is 28.6 Å². The summed E-state index contributed by atoms with van der Waals surface area (Å²) in [5, 5.41) is 4.49. The Morgan fingerprint density at radius 2 is 2.20 bits per heavy atom. The van der Waals surface area contributed by atoms with E-state index in [0.29, 0.717) is 18.8 Å². The van der Waals surface area contributed by atoms with Crippen LogP contribution in [-0.2, 0) is 16.1 Å². The fourth-order valence-electron chi connectivity index (χ4n) is 2.65. The van der Waals surface area contributed by atoms with Crippen LogP contribution in [0.5, 0.6) is 0 Å². The van der Waals surface area contributed by atoms with Crippen molar-refractivity contribution in [2.45, 2.75) is 39.0 Å². The second-order valence-electron chi connectivity index (χ2n) is 5.88. The summed E-state index contributed by atoms with van der Waals surface area (Å²) < 4.78 is 19.9. The van der Waals surface area contributed by atoms with Crippen LogP contribution in [0.2, 0.25) is 5.15 Å². The molecule has 1 aliphatic heterocycles. The number of amides is 1. The van der Waals surface area contributed by atoms with E-state index in [9.17, 15) is 9.18 Å². The van der Waals surface area contributed by atoms with Crippen LogP contribution >= 0.6 is 11.6 Å². The van der Waals surface area contributed by atoms with E-state index in [1.54, 1.807) is 19.1 Å². The molecule has 1 N–H and O–H groups in total. The molecule has 1 saturated heterocycles. The van der Waals surface area contributed by atoms with Crippen LogP contribution in [0, 0.1) is 12.7 Å². The maximum absolute atomic E-state index is 13.0. The van der Waals surface area contributed by atoms with Gasteiger partial charge >= 0.3 is 0 Å². The largest absolute Gasteiger partial charge is 0.350 e. The maximum Gasteiger partial charge on any atom is 0.279 e. The summed E-state index contributed by atoms with van der Waals surface area (Å²) in [7, 11) is 0. The first-order chi connectivity index (χ1) is 12.0. The van der Waals surface area contributed by atoms with Crippen molar-refractivity contribution in [2.24, 2.45) is 0 Å². The van der Waals surface area contributed by atoms with Crippen molar-refractivity contribution in [1.82, 2.24) is 15.3 Å². The summed E-state index contributed by atoms with van der Waals surface area (Å²) in [5.41, 5.74) is 3.94. The van der Waals surface area contributed by atoms with Crippen molar-refractivity contribution < 1.29 is 18.8 Å². The van der Waals surface area contributed by atoms with Gasteiger partial charge in [0.1, 0.15) is 16.5 Å². The highest BCUT2D eigenvalue weighted by atomic mass is 35.5. The molecule has 1 fully saturated rings. The van der Waals surface area contributed by atoms with Gasteiger partial charge in [0.05, 0.1) is 12.2 Å². The van der Waals surface area contributed by atoms with E-state index in [2.05, 4.69) is 10.6 Å². The predicted molar refractivity (Wildman–Crippen MR) is 89.6 cm³/mol. The molecule has 0 radical (unpaired) electrons. The van der Waals surface area contributed by atoms with Crippen LogP contribution in [0.1, 0.15) is 40.9 Å². The summed E-state index contributed by atoms with van der Waals surface area (Å²) >= 11 is 6.31. The molecule has 0 saturated carbocycles. The van der Waals surface area contributed by atoms with Gasteiger partial charge in [0.15, 0.2) is 6.29 Å². The third-order valence-electron chi connectivity index (χ3n) is 3.96. The van der Waals surface area contributed by atoms with Gasteiger partial charge in [-0.25, -0.2) is 19.4 Å². The lowest BCUT2D eigenvalue weighted by atomic mass is 10.2. The van der Waals surface area contributed by atoms with Crippen LogP contribution in [0.15, 0.2) is 24.3 Å². The smallest absolute Gasteiger partial charge is 0.279 e. The zero-order valence-electron chi connectivity index (χ0n) is 13.8. The van der Waals surface area contributed by atoms with Crippen molar-refractivity contribution in [3.63, 3.8) is 0 Å². The number of hydrogen-bond donors (Lipinski definition) is 1. The van der Waals surface area contributed by atoms with Gasteiger partial charge in [0.25, 0.3) is 5.91 Å². The molecule has 1 aromatic carbocycles. The Morgan fingerprint density at radius 3 is 2.88 bits per heavy atom. The molecule has 2 heterocycles. The second kappa shape index (κ2) is 7.95. The lowest BCUT2D eigenvalue weighted by molar-refractivity contribution is -0.186. The molecule has 1 atom stereocenters. The number of nitrogens with zero attached hydrogens (tertiary/aromatic N) is 2. The zero-order valence-corrected chi connectivity index (χ0v) is 14.6. The number of halogens is 2. The Bertz CT molecular complexity index is 742. The Morgan fingerprint density at radius 1 is 1.44 bits per heavy atom. The predicted octanol–water partition coefficient (Wildman–Crippen LogP) is 3.22. The van der Waals surface area contributed by atoms with Crippen LogP contribution in [0.3, 0.4) is 0 Å². The van der Waals surface area contributed by atoms with Gasteiger partial charge in [-0.05, 0) is 37.5 Å². The fraction of sp³-hybridized carbons (Fsp3) is 0.412. The number of aromatic nitrogens is 2. The van der Waals surface area contributed by atoms with Crippen molar-refractivity contribution in [3.05, 3.63) is 52.1 Å². The average Bonchev–Trinajstić information content (AvgIpc) is 2.89. The Labute approximate surface area is 149 Å². The first kappa shape index (κ1) is 17.8. The highest BCUT2D eigenvalue weighted by Crippen LogP contribution is 2.21. The van der Waals surface area contributed by atoms with Gasteiger partial charge in [-0.3, -0.25) is 4.79 Å². The molecule has 0 spiro atoms. The molecular weight excluding hydrogens is 349 g/mol. The average molecular weight is 368 g/mol. The highest BCUT2D eigenvalue weighted by molar-refractivity contribution is 6.33. The van der Waals surface area contributed by atoms with Gasteiger partial charge in [-0.15, -0.1) is 0 Å². The number of benzene rings is 1. The van der Waals surface area contributed by atoms with E-state index in [1.807, 2.05) is 0 Å². The van der Waals surface area contributed by atoms with E-state index < -0.39 is 12.2 Å². The van der Waals surface area contributed by atoms with E-state index >= 15 is 0 Å². The molecule has 2 aromatic rings. The number of aryl methyl sites for hydroxylation is 1. The molecule has 25 heavy (non-hydrogen) atoms. The van der Waals surface area contributed by atoms with Gasteiger partial charge in [0, 0.05) is 13.0 Å². The summed E-state index contributed by atoms with van der Waals surface area (Å²) in [6.07, 6.45) is 2.29. The number of hydroxylamine groups is 1. The Kier molecular flexibility index (Phi) is 5.67. The normalized spacial score (nSPS) is 17.5. The van der Waals surface area contributed by atoms with E-state index in [0.717, 1.165) is 24.8 Å². The van der Waals surface area contributed by atoms with Gasteiger partial charge in [-0.1, -0.05) is 23.7 Å². The minimum atomic E-state index is -0.470. The summed E-state index contributed by atoms with van der Waals surface area (Å²) in [6.45, 7) is 2.65. The SMILES string of the molecule is Cc1nn(Cc2ccc(F)cc2)c(Cl)c1C(=O)NOC1CCCCO1.